The van der Waals surface area contributed by atoms with Crippen molar-refractivity contribution in [3.8, 4) is 0 Å². The molecule has 1 heterocycles. The fourth-order valence-electron chi connectivity index (χ4n) is 1.63. The van der Waals surface area contributed by atoms with Crippen molar-refractivity contribution in [3.63, 3.8) is 0 Å². The zero-order valence-electron chi connectivity index (χ0n) is 9.01. The van der Waals surface area contributed by atoms with Crippen LogP contribution in [0.5, 0.6) is 0 Å². The summed E-state index contributed by atoms with van der Waals surface area (Å²) in [7, 11) is 0. The van der Waals surface area contributed by atoms with Crippen LogP contribution >= 0.6 is 0 Å². The third-order valence-corrected chi connectivity index (χ3v) is 2.61. The average molecular weight is 200 g/mol. The molecule has 1 fully saturated rings. The number of hydrogen-bond donors (Lipinski definition) is 2. The molecule has 82 valence electrons. The Morgan fingerprint density at radius 1 is 1.64 bits per heavy atom. The maximum Gasteiger partial charge on any atom is 0.246 e. The van der Waals surface area contributed by atoms with Crippen molar-refractivity contribution >= 4 is 5.91 Å². The summed E-state index contributed by atoms with van der Waals surface area (Å²) in [6, 6.07) is 0.261. The number of piperidine rings is 1. The van der Waals surface area contributed by atoms with E-state index >= 15 is 0 Å². The van der Waals surface area contributed by atoms with Crippen molar-refractivity contribution in [2.45, 2.75) is 26.3 Å². The van der Waals surface area contributed by atoms with Gasteiger partial charge in [-0.1, -0.05) is 6.92 Å². The lowest BCUT2D eigenvalue weighted by Crippen LogP contribution is -2.51. The third kappa shape index (κ3) is 3.64. The summed E-state index contributed by atoms with van der Waals surface area (Å²) in [5.74, 6) is 0.550. The molecule has 0 aromatic rings. The normalized spacial score (nSPS) is 27.3. The molecule has 0 aromatic heterocycles. The lowest BCUT2D eigenvalue weighted by Gasteiger charge is -2.30. The van der Waals surface area contributed by atoms with Crippen LogP contribution in [0.25, 0.3) is 0 Å². The van der Waals surface area contributed by atoms with E-state index in [1.807, 2.05) is 6.92 Å². The van der Waals surface area contributed by atoms with E-state index in [1.165, 1.54) is 0 Å². The monoisotopic (exact) mass is 200 g/mol. The van der Waals surface area contributed by atoms with Gasteiger partial charge in [0, 0.05) is 19.2 Å². The molecule has 0 bridgehead atoms. The number of ether oxygens (including phenoxy) is 1. The maximum atomic E-state index is 11.4. The van der Waals surface area contributed by atoms with Crippen LogP contribution in [0, 0.1) is 5.92 Å². The molecule has 0 spiro atoms. The maximum absolute atomic E-state index is 11.4. The smallest absolute Gasteiger partial charge is 0.246 e. The van der Waals surface area contributed by atoms with E-state index in [4.69, 9.17) is 4.74 Å². The van der Waals surface area contributed by atoms with Crippen LogP contribution in [0.1, 0.15) is 20.3 Å². The quantitative estimate of drug-likeness (QED) is 0.678. The Kier molecular flexibility index (Phi) is 4.90. The number of nitrogens with one attached hydrogen (secondary N) is 2. The number of carbonyl (C=O) groups excluding carboxylic acids is 1. The van der Waals surface area contributed by atoms with E-state index in [0.29, 0.717) is 12.5 Å². The minimum Gasteiger partial charge on any atom is -0.372 e. The van der Waals surface area contributed by atoms with Crippen molar-refractivity contribution < 1.29 is 9.53 Å². The van der Waals surface area contributed by atoms with Crippen molar-refractivity contribution in [1.29, 1.82) is 0 Å². The number of carbonyl (C=O) groups is 1. The van der Waals surface area contributed by atoms with Gasteiger partial charge in [0.05, 0.1) is 0 Å². The van der Waals surface area contributed by atoms with Gasteiger partial charge in [-0.25, -0.2) is 0 Å². The van der Waals surface area contributed by atoms with E-state index in [2.05, 4.69) is 17.6 Å². The van der Waals surface area contributed by atoms with Gasteiger partial charge < -0.3 is 15.4 Å². The van der Waals surface area contributed by atoms with Crippen LogP contribution in [0.4, 0.5) is 0 Å². The van der Waals surface area contributed by atoms with Gasteiger partial charge in [-0.3, -0.25) is 4.79 Å². The molecule has 1 saturated heterocycles. The Morgan fingerprint density at radius 2 is 2.43 bits per heavy atom. The average Bonchev–Trinajstić information content (AvgIpc) is 2.18. The minimum atomic E-state index is -0.00704. The second kappa shape index (κ2) is 5.98. The van der Waals surface area contributed by atoms with Crippen LogP contribution in [-0.2, 0) is 9.53 Å². The van der Waals surface area contributed by atoms with Gasteiger partial charge in [-0.15, -0.1) is 0 Å². The fraction of sp³-hybridized carbons (Fsp3) is 0.900. The summed E-state index contributed by atoms with van der Waals surface area (Å²) < 4.78 is 5.04. The molecule has 4 heteroatoms. The summed E-state index contributed by atoms with van der Waals surface area (Å²) >= 11 is 0. The van der Waals surface area contributed by atoms with Crippen LogP contribution < -0.4 is 10.6 Å². The van der Waals surface area contributed by atoms with Gasteiger partial charge in [0.15, 0.2) is 0 Å². The van der Waals surface area contributed by atoms with Crippen LogP contribution in [0.2, 0.25) is 0 Å². The van der Waals surface area contributed by atoms with Crippen molar-refractivity contribution in [2.75, 3.05) is 26.3 Å². The highest BCUT2D eigenvalue weighted by Crippen LogP contribution is 2.10. The molecule has 1 aliphatic heterocycles. The third-order valence-electron chi connectivity index (χ3n) is 2.61. The molecule has 0 radical (unpaired) electrons. The molecular formula is C10H20N2O2. The van der Waals surface area contributed by atoms with Crippen LogP contribution in [0.15, 0.2) is 0 Å². The first-order valence-corrected chi connectivity index (χ1v) is 5.32. The van der Waals surface area contributed by atoms with E-state index in [-0.39, 0.29) is 18.6 Å². The SMILES string of the molecule is CCOCC(=O)NC1CNCCC1C. The van der Waals surface area contributed by atoms with Gasteiger partial charge in [-0.05, 0) is 25.8 Å². The first-order chi connectivity index (χ1) is 6.74. The Morgan fingerprint density at radius 3 is 3.07 bits per heavy atom. The summed E-state index contributed by atoms with van der Waals surface area (Å²) in [5, 5.41) is 6.25. The van der Waals surface area contributed by atoms with E-state index in [0.717, 1.165) is 19.5 Å². The predicted octanol–water partition coefficient (Wildman–Crippen LogP) is 0.137. The second-order valence-corrected chi connectivity index (χ2v) is 3.78. The Bertz CT molecular complexity index is 185. The zero-order chi connectivity index (χ0) is 10.4. The first-order valence-electron chi connectivity index (χ1n) is 5.32. The Labute approximate surface area is 85.4 Å². The Hall–Kier alpha value is -0.610. The standard InChI is InChI=1S/C10H20N2O2/c1-3-14-7-10(13)12-9-6-11-5-4-8(9)2/h8-9,11H,3-7H2,1-2H3,(H,12,13). The Balaban J connectivity index is 2.23. The summed E-state index contributed by atoms with van der Waals surface area (Å²) in [6.45, 7) is 6.76. The highest BCUT2D eigenvalue weighted by Gasteiger charge is 2.22. The molecule has 1 aliphatic rings. The predicted molar refractivity (Wildman–Crippen MR) is 55.1 cm³/mol. The summed E-state index contributed by atoms with van der Waals surface area (Å²) in [6.07, 6.45) is 1.12. The van der Waals surface area contributed by atoms with Gasteiger partial charge in [0.25, 0.3) is 0 Å². The molecule has 0 saturated carbocycles. The molecular weight excluding hydrogens is 180 g/mol. The number of rotatable bonds is 4. The molecule has 2 unspecified atom stereocenters. The summed E-state index contributed by atoms with van der Waals surface area (Å²) in [4.78, 5) is 11.4. The second-order valence-electron chi connectivity index (χ2n) is 3.78. The van der Waals surface area contributed by atoms with Crippen molar-refractivity contribution in [2.24, 2.45) is 5.92 Å². The van der Waals surface area contributed by atoms with E-state index < -0.39 is 0 Å². The molecule has 1 rings (SSSR count). The highest BCUT2D eigenvalue weighted by atomic mass is 16.5. The largest absolute Gasteiger partial charge is 0.372 e. The molecule has 2 atom stereocenters. The fourth-order valence-corrected chi connectivity index (χ4v) is 1.63. The van der Waals surface area contributed by atoms with Crippen LogP contribution in [-0.4, -0.2) is 38.3 Å². The van der Waals surface area contributed by atoms with Gasteiger partial charge in [0.2, 0.25) is 5.91 Å². The first kappa shape index (κ1) is 11.5. The summed E-state index contributed by atoms with van der Waals surface area (Å²) in [5.41, 5.74) is 0. The lowest BCUT2D eigenvalue weighted by atomic mass is 9.95. The minimum absolute atomic E-state index is 0.00704. The van der Waals surface area contributed by atoms with E-state index in [1.54, 1.807) is 0 Å². The zero-order valence-corrected chi connectivity index (χ0v) is 9.01. The number of hydrogen-bond acceptors (Lipinski definition) is 3. The van der Waals surface area contributed by atoms with Crippen molar-refractivity contribution in [1.82, 2.24) is 10.6 Å². The topological polar surface area (TPSA) is 50.4 Å². The van der Waals surface area contributed by atoms with Gasteiger partial charge in [-0.2, -0.15) is 0 Å². The van der Waals surface area contributed by atoms with Gasteiger partial charge >= 0.3 is 0 Å². The molecule has 1 amide bonds. The molecule has 0 aliphatic carbocycles. The van der Waals surface area contributed by atoms with Crippen LogP contribution in [0.3, 0.4) is 0 Å². The lowest BCUT2D eigenvalue weighted by molar-refractivity contribution is -0.126. The highest BCUT2D eigenvalue weighted by molar-refractivity contribution is 5.77. The van der Waals surface area contributed by atoms with Gasteiger partial charge in [0.1, 0.15) is 6.61 Å². The number of amides is 1. The molecule has 0 aromatic carbocycles. The molecule has 4 nitrogen and oxygen atoms in total. The van der Waals surface area contributed by atoms with E-state index in [9.17, 15) is 4.79 Å². The van der Waals surface area contributed by atoms with Crippen molar-refractivity contribution in [3.05, 3.63) is 0 Å². The molecule has 2 N–H and O–H groups in total. The molecule has 14 heavy (non-hydrogen) atoms.